The van der Waals surface area contributed by atoms with Gasteiger partial charge in [-0.2, -0.15) is 9.50 Å². The van der Waals surface area contributed by atoms with Gasteiger partial charge in [-0.05, 0) is 19.2 Å². The largest absolute Gasteiger partial charge is 0.368 e. The number of hydrogen-bond acceptors (Lipinski definition) is 7. The van der Waals surface area contributed by atoms with Crippen molar-refractivity contribution in [1.29, 1.82) is 0 Å². The average Bonchev–Trinajstić information content (AvgIpc) is 3.33. The average molecular weight is 395 g/mol. The zero-order valence-electron chi connectivity index (χ0n) is 16.2. The Morgan fingerprint density at radius 3 is 2.62 bits per heavy atom. The minimum atomic E-state index is -0.385. The number of hydrogen-bond donors (Lipinski definition) is 1. The predicted molar refractivity (Wildman–Crippen MR) is 108 cm³/mol. The highest BCUT2D eigenvalue weighted by molar-refractivity contribution is 5.87. The van der Waals surface area contributed by atoms with Gasteiger partial charge in [-0.25, -0.2) is 14.4 Å². The number of fused-ring (bicyclic) bond motifs is 3. The molecule has 1 saturated heterocycles. The number of nitrogen functional groups attached to an aromatic ring is 1. The van der Waals surface area contributed by atoms with Gasteiger partial charge in [-0.1, -0.05) is 12.1 Å². The fourth-order valence-corrected chi connectivity index (χ4v) is 3.67. The molecule has 4 aromatic rings. The number of nitrogens with two attached hydrogens (primary N) is 1. The third kappa shape index (κ3) is 3.19. The third-order valence-electron chi connectivity index (χ3n) is 5.43. The van der Waals surface area contributed by atoms with E-state index in [1.54, 1.807) is 24.5 Å². The first-order chi connectivity index (χ1) is 14.1. The van der Waals surface area contributed by atoms with Gasteiger partial charge in [0.2, 0.25) is 5.95 Å². The van der Waals surface area contributed by atoms with Gasteiger partial charge in [0.15, 0.2) is 22.6 Å². The Kier molecular flexibility index (Phi) is 4.36. The molecule has 4 heterocycles. The molecule has 9 nitrogen and oxygen atoms in total. The summed E-state index contributed by atoms with van der Waals surface area (Å²) < 4.78 is 17.6. The van der Waals surface area contributed by atoms with Gasteiger partial charge in [0, 0.05) is 39.3 Å². The molecule has 2 N–H and O–H groups in total. The zero-order chi connectivity index (χ0) is 20.0. The van der Waals surface area contributed by atoms with Crippen molar-refractivity contribution < 1.29 is 4.39 Å². The SMILES string of the molecule is CN1CCN(CCn2cnc3c2nc(N)n2nc(-c4ccccc4F)nc32)CC1. The van der Waals surface area contributed by atoms with Crippen molar-refractivity contribution >= 4 is 22.8 Å². The van der Waals surface area contributed by atoms with Crippen molar-refractivity contribution in [3.8, 4) is 11.4 Å². The summed E-state index contributed by atoms with van der Waals surface area (Å²) >= 11 is 0. The zero-order valence-corrected chi connectivity index (χ0v) is 16.2. The molecule has 0 radical (unpaired) electrons. The van der Waals surface area contributed by atoms with E-state index in [1.807, 2.05) is 4.57 Å². The smallest absolute Gasteiger partial charge is 0.225 e. The highest BCUT2D eigenvalue weighted by Gasteiger charge is 2.19. The fraction of sp³-hybridized carbons (Fsp3) is 0.368. The number of nitrogens with zero attached hydrogens (tertiary/aromatic N) is 8. The molecule has 10 heteroatoms. The number of imidazole rings is 1. The second kappa shape index (κ2) is 7.05. The molecule has 1 aliphatic heterocycles. The summed E-state index contributed by atoms with van der Waals surface area (Å²) in [6, 6.07) is 6.39. The van der Waals surface area contributed by atoms with Gasteiger partial charge >= 0.3 is 0 Å². The summed E-state index contributed by atoms with van der Waals surface area (Å²) in [4.78, 5) is 18.3. The van der Waals surface area contributed by atoms with Crippen LogP contribution in [-0.2, 0) is 6.54 Å². The molecule has 1 fully saturated rings. The summed E-state index contributed by atoms with van der Waals surface area (Å²) in [6.07, 6.45) is 1.75. The Labute approximate surface area is 166 Å². The molecule has 1 aliphatic rings. The van der Waals surface area contributed by atoms with Crippen molar-refractivity contribution in [2.45, 2.75) is 6.54 Å². The highest BCUT2D eigenvalue weighted by atomic mass is 19.1. The second-order valence-corrected chi connectivity index (χ2v) is 7.38. The van der Waals surface area contributed by atoms with E-state index in [1.165, 1.54) is 10.6 Å². The van der Waals surface area contributed by atoms with Gasteiger partial charge in [0.25, 0.3) is 0 Å². The normalized spacial score (nSPS) is 16.2. The molecule has 3 aromatic heterocycles. The van der Waals surface area contributed by atoms with Crippen LogP contribution >= 0.6 is 0 Å². The number of piperazine rings is 1. The summed E-state index contributed by atoms with van der Waals surface area (Å²) in [5.41, 5.74) is 8.19. The Morgan fingerprint density at radius 2 is 1.83 bits per heavy atom. The molecule has 1 aromatic carbocycles. The number of benzene rings is 1. The fourth-order valence-electron chi connectivity index (χ4n) is 3.67. The maximum Gasteiger partial charge on any atom is 0.225 e. The van der Waals surface area contributed by atoms with Gasteiger partial charge in [0.05, 0.1) is 11.9 Å². The molecule has 0 saturated carbocycles. The molecular weight excluding hydrogens is 373 g/mol. The molecule has 0 atom stereocenters. The standard InChI is InChI=1S/C19H22FN9/c1-26-6-8-27(9-7-26)10-11-28-12-22-15-17(28)24-19(21)29-18(15)23-16(25-29)13-4-2-3-5-14(13)20/h2-5,12H,6-11H2,1H3,(H2,21,24). The van der Waals surface area contributed by atoms with E-state index in [9.17, 15) is 4.39 Å². The minimum Gasteiger partial charge on any atom is -0.368 e. The van der Waals surface area contributed by atoms with Crippen LogP contribution in [0.1, 0.15) is 0 Å². The van der Waals surface area contributed by atoms with Crippen LogP contribution in [0.25, 0.3) is 28.2 Å². The first-order valence-corrected chi connectivity index (χ1v) is 9.63. The lowest BCUT2D eigenvalue weighted by molar-refractivity contribution is 0.150. The lowest BCUT2D eigenvalue weighted by Gasteiger charge is -2.32. The maximum atomic E-state index is 14.2. The molecule has 0 bridgehead atoms. The Hall–Kier alpha value is -3.11. The highest BCUT2D eigenvalue weighted by Crippen LogP contribution is 2.24. The Bertz CT molecular complexity index is 1170. The van der Waals surface area contributed by atoms with Crippen LogP contribution in [0.4, 0.5) is 10.3 Å². The Balaban J connectivity index is 1.49. The number of likely N-dealkylation sites (N-methyl/N-ethyl adjacent to an activating group) is 1. The molecule has 5 rings (SSSR count). The van der Waals surface area contributed by atoms with Gasteiger partial charge in [0.1, 0.15) is 5.82 Å². The second-order valence-electron chi connectivity index (χ2n) is 7.38. The number of halogens is 1. The first kappa shape index (κ1) is 18.0. The quantitative estimate of drug-likeness (QED) is 0.553. The van der Waals surface area contributed by atoms with Gasteiger partial charge < -0.3 is 15.2 Å². The van der Waals surface area contributed by atoms with Crippen LogP contribution in [-0.4, -0.2) is 78.7 Å². The molecule has 0 unspecified atom stereocenters. The summed E-state index contributed by atoms with van der Waals surface area (Å²) in [5, 5.41) is 4.35. The molecule has 0 spiro atoms. The molecule has 0 amide bonds. The van der Waals surface area contributed by atoms with Crippen molar-refractivity contribution in [3.63, 3.8) is 0 Å². The molecular formula is C19H22FN9. The van der Waals surface area contributed by atoms with Crippen molar-refractivity contribution in [2.75, 3.05) is 45.5 Å². The lowest BCUT2D eigenvalue weighted by Crippen LogP contribution is -2.45. The van der Waals surface area contributed by atoms with E-state index in [4.69, 9.17) is 5.73 Å². The van der Waals surface area contributed by atoms with Crippen molar-refractivity contribution in [1.82, 2.24) is 38.9 Å². The minimum absolute atomic E-state index is 0.198. The topological polar surface area (TPSA) is 93.4 Å². The lowest BCUT2D eigenvalue weighted by atomic mass is 10.2. The summed E-state index contributed by atoms with van der Waals surface area (Å²) in [6.45, 7) is 5.94. The number of rotatable bonds is 4. The third-order valence-corrected chi connectivity index (χ3v) is 5.43. The number of aromatic nitrogens is 6. The predicted octanol–water partition coefficient (Wildman–Crippen LogP) is 1.11. The molecule has 0 aliphatic carbocycles. The van der Waals surface area contributed by atoms with Crippen LogP contribution in [0.5, 0.6) is 0 Å². The molecule has 150 valence electrons. The van der Waals surface area contributed by atoms with Gasteiger partial charge in [-0.3, -0.25) is 4.90 Å². The summed E-state index contributed by atoms with van der Waals surface area (Å²) in [5.74, 6) is 0.0731. The van der Waals surface area contributed by atoms with Crippen LogP contribution in [0.3, 0.4) is 0 Å². The first-order valence-electron chi connectivity index (χ1n) is 9.63. The van der Waals surface area contributed by atoms with E-state index < -0.39 is 0 Å². The number of anilines is 1. The Morgan fingerprint density at radius 1 is 1.03 bits per heavy atom. The van der Waals surface area contributed by atoms with E-state index >= 15 is 0 Å². The van der Waals surface area contributed by atoms with Crippen LogP contribution in [0.15, 0.2) is 30.6 Å². The van der Waals surface area contributed by atoms with E-state index in [0.29, 0.717) is 22.4 Å². The summed E-state index contributed by atoms with van der Waals surface area (Å²) in [7, 11) is 2.15. The van der Waals surface area contributed by atoms with Gasteiger partial charge in [-0.15, -0.1) is 5.10 Å². The van der Waals surface area contributed by atoms with Crippen molar-refractivity contribution in [3.05, 3.63) is 36.4 Å². The van der Waals surface area contributed by atoms with Crippen LogP contribution < -0.4 is 5.73 Å². The van der Waals surface area contributed by atoms with E-state index in [2.05, 4.69) is 36.9 Å². The maximum absolute atomic E-state index is 14.2. The molecule has 29 heavy (non-hydrogen) atoms. The monoisotopic (exact) mass is 395 g/mol. The van der Waals surface area contributed by atoms with Crippen molar-refractivity contribution in [2.24, 2.45) is 0 Å². The van der Waals surface area contributed by atoms with E-state index in [-0.39, 0.29) is 17.6 Å². The van der Waals surface area contributed by atoms with E-state index in [0.717, 1.165) is 39.3 Å². The van der Waals surface area contributed by atoms with Crippen LogP contribution in [0.2, 0.25) is 0 Å². The van der Waals surface area contributed by atoms with Crippen LogP contribution in [0, 0.1) is 5.82 Å².